The van der Waals surface area contributed by atoms with Crippen LogP contribution in [0.1, 0.15) is 42.9 Å². The van der Waals surface area contributed by atoms with Gasteiger partial charge in [0.15, 0.2) is 0 Å². The molecule has 1 aromatic heterocycles. The summed E-state index contributed by atoms with van der Waals surface area (Å²) in [5.74, 6) is -0.536. The fourth-order valence-corrected chi connectivity index (χ4v) is 4.67. The fourth-order valence-electron chi connectivity index (χ4n) is 4.67. The van der Waals surface area contributed by atoms with Crippen molar-refractivity contribution in [2.24, 2.45) is 7.05 Å². The maximum Gasteiger partial charge on any atom is 0.256 e. The Balaban J connectivity index is 1.52. The number of fused-ring (bicyclic) bond motifs is 2. The summed E-state index contributed by atoms with van der Waals surface area (Å²) < 4.78 is 15.5. The predicted molar refractivity (Wildman–Crippen MR) is 139 cm³/mol. The van der Waals surface area contributed by atoms with E-state index in [-0.39, 0.29) is 30.7 Å². The van der Waals surface area contributed by atoms with Crippen LogP contribution in [0.5, 0.6) is 0 Å². The molecule has 9 heteroatoms. The Bertz CT molecular complexity index is 1260. The van der Waals surface area contributed by atoms with Gasteiger partial charge >= 0.3 is 0 Å². The maximum absolute atomic E-state index is 13.7. The fraction of sp³-hybridized carbons (Fsp3) is 0.444. The van der Waals surface area contributed by atoms with Crippen molar-refractivity contribution < 1.29 is 14.0 Å². The number of amides is 2. The van der Waals surface area contributed by atoms with Gasteiger partial charge in [-0.05, 0) is 54.3 Å². The molecule has 0 atom stereocenters. The second kappa shape index (κ2) is 11.1. The lowest BCUT2D eigenvalue weighted by Crippen LogP contribution is -2.48. The quantitative estimate of drug-likeness (QED) is 0.437. The van der Waals surface area contributed by atoms with Crippen molar-refractivity contribution in [3.05, 3.63) is 59.0 Å². The zero-order valence-corrected chi connectivity index (χ0v) is 21.6. The first-order valence-electron chi connectivity index (χ1n) is 12.5. The van der Waals surface area contributed by atoms with Gasteiger partial charge in [-0.25, -0.2) is 9.40 Å². The van der Waals surface area contributed by atoms with Crippen molar-refractivity contribution in [2.75, 3.05) is 31.6 Å². The van der Waals surface area contributed by atoms with Crippen LogP contribution >= 0.6 is 0 Å². The van der Waals surface area contributed by atoms with E-state index < -0.39 is 0 Å². The number of benzene rings is 2. The number of nitrogens with zero attached hydrogens (tertiary/aromatic N) is 5. The molecule has 0 saturated carbocycles. The van der Waals surface area contributed by atoms with Crippen LogP contribution in [0, 0.1) is 12.7 Å². The van der Waals surface area contributed by atoms with E-state index in [1.807, 2.05) is 40.7 Å². The van der Waals surface area contributed by atoms with Gasteiger partial charge in [-0.1, -0.05) is 25.8 Å². The molecule has 2 aromatic carbocycles. The number of halogens is 1. The number of aryl methyl sites for hydroxylation is 2. The Morgan fingerprint density at radius 1 is 1.11 bits per heavy atom. The van der Waals surface area contributed by atoms with Crippen molar-refractivity contribution in [3.8, 4) is 0 Å². The van der Waals surface area contributed by atoms with Crippen molar-refractivity contribution in [1.29, 1.82) is 0 Å². The van der Waals surface area contributed by atoms with Crippen LogP contribution in [0.15, 0.2) is 36.5 Å². The highest BCUT2D eigenvalue weighted by atomic mass is 19.1. The highest BCUT2D eigenvalue weighted by Crippen LogP contribution is 2.28. The highest BCUT2D eigenvalue weighted by Gasteiger charge is 2.27. The van der Waals surface area contributed by atoms with Gasteiger partial charge in [-0.3, -0.25) is 19.3 Å². The normalized spacial score (nSPS) is 13.1. The molecule has 1 N–H and O–H groups in total. The number of nitrogens with one attached hydrogen (secondary N) is 1. The molecule has 0 fully saturated rings. The first-order valence-corrected chi connectivity index (χ1v) is 12.5. The topological polar surface area (TPSA) is 73.7 Å². The lowest BCUT2D eigenvalue weighted by atomic mass is 10.1. The van der Waals surface area contributed by atoms with Gasteiger partial charge in [0, 0.05) is 44.8 Å². The van der Waals surface area contributed by atoms with Crippen LogP contribution in [0.4, 0.5) is 10.1 Å². The van der Waals surface area contributed by atoms with E-state index in [0.717, 1.165) is 52.5 Å². The van der Waals surface area contributed by atoms with E-state index >= 15 is 0 Å². The molecule has 0 saturated heterocycles. The standard InChI is InChI=1S/C27H35FN6O2/c1-5-6-7-10-29-26(35)17-33(24-13-21-14-30-31(3)25(21)11-19(24)2)18-27(36)32(4)34-15-20-8-9-23(28)12-22(20)16-34/h8-9,11-14H,5-7,10,15-18H2,1-4H3,(H,29,35). The molecule has 8 nitrogen and oxygen atoms in total. The second-order valence-corrected chi connectivity index (χ2v) is 9.53. The van der Waals surface area contributed by atoms with Gasteiger partial charge < -0.3 is 10.2 Å². The summed E-state index contributed by atoms with van der Waals surface area (Å²) in [7, 11) is 3.62. The molecule has 2 heterocycles. The zero-order chi connectivity index (χ0) is 25.8. The molecule has 2 amide bonds. The van der Waals surface area contributed by atoms with E-state index in [9.17, 15) is 14.0 Å². The first-order chi connectivity index (χ1) is 17.3. The minimum absolute atomic E-state index is 0.0344. The summed E-state index contributed by atoms with van der Waals surface area (Å²) in [6.45, 7) is 5.84. The van der Waals surface area contributed by atoms with E-state index in [4.69, 9.17) is 0 Å². The summed E-state index contributed by atoms with van der Waals surface area (Å²) in [5, 5.41) is 11.7. The van der Waals surface area contributed by atoms with Gasteiger partial charge in [0.25, 0.3) is 5.91 Å². The number of aromatic nitrogens is 2. The van der Waals surface area contributed by atoms with E-state index in [1.54, 1.807) is 24.3 Å². The molecule has 0 radical (unpaired) electrons. The Hall–Kier alpha value is -3.46. The summed E-state index contributed by atoms with van der Waals surface area (Å²) in [4.78, 5) is 28.1. The summed E-state index contributed by atoms with van der Waals surface area (Å²) in [6.07, 6.45) is 4.86. The minimum Gasteiger partial charge on any atom is -0.355 e. The third-order valence-electron chi connectivity index (χ3n) is 6.83. The Morgan fingerprint density at radius 3 is 2.67 bits per heavy atom. The van der Waals surface area contributed by atoms with Crippen LogP contribution in [0.25, 0.3) is 10.9 Å². The van der Waals surface area contributed by atoms with E-state index in [0.29, 0.717) is 19.6 Å². The van der Waals surface area contributed by atoms with Gasteiger partial charge in [-0.2, -0.15) is 5.10 Å². The summed E-state index contributed by atoms with van der Waals surface area (Å²) in [6, 6.07) is 8.76. The Labute approximate surface area is 211 Å². The molecular weight excluding hydrogens is 459 g/mol. The summed E-state index contributed by atoms with van der Waals surface area (Å²) >= 11 is 0. The molecule has 0 aliphatic carbocycles. The number of rotatable bonds is 10. The van der Waals surface area contributed by atoms with E-state index in [1.165, 1.54) is 12.1 Å². The van der Waals surface area contributed by atoms with Crippen molar-refractivity contribution >= 4 is 28.4 Å². The minimum atomic E-state index is -0.276. The van der Waals surface area contributed by atoms with Crippen LogP contribution in [-0.4, -0.2) is 58.3 Å². The number of hydrazine groups is 1. The Kier molecular flexibility index (Phi) is 7.88. The third-order valence-corrected chi connectivity index (χ3v) is 6.83. The molecule has 192 valence electrons. The highest BCUT2D eigenvalue weighted by molar-refractivity contribution is 5.90. The first kappa shape index (κ1) is 25.6. The average Bonchev–Trinajstić information content (AvgIpc) is 3.43. The zero-order valence-electron chi connectivity index (χ0n) is 21.6. The smallest absolute Gasteiger partial charge is 0.256 e. The number of hydrogen-bond donors (Lipinski definition) is 1. The number of carbonyl (C=O) groups excluding carboxylic acids is 2. The number of anilines is 1. The SMILES string of the molecule is CCCCCNC(=O)CN(CC(=O)N(C)N1Cc2ccc(F)cc2C1)c1cc2cnn(C)c2cc1C. The summed E-state index contributed by atoms with van der Waals surface area (Å²) in [5.41, 5.74) is 4.68. The largest absolute Gasteiger partial charge is 0.355 e. The average molecular weight is 495 g/mol. The molecule has 3 aromatic rings. The van der Waals surface area contributed by atoms with Crippen LogP contribution in [0.2, 0.25) is 0 Å². The third kappa shape index (κ3) is 5.67. The van der Waals surface area contributed by atoms with Crippen LogP contribution < -0.4 is 10.2 Å². The lowest BCUT2D eigenvalue weighted by molar-refractivity contribution is -0.145. The number of likely N-dealkylation sites (N-methyl/N-ethyl adjacent to an activating group) is 1. The molecular formula is C27H35FN6O2. The van der Waals surface area contributed by atoms with Gasteiger partial charge in [0.05, 0.1) is 24.8 Å². The van der Waals surface area contributed by atoms with Gasteiger partial charge in [-0.15, -0.1) is 0 Å². The van der Waals surface area contributed by atoms with Gasteiger partial charge in [0.1, 0.15) is 5.82 Å². The molecule has 1 aliphatic rings. The molecule has 4 rings (SSSR count). The molecule has 0 spiro atoms. The van der Waals surface area contributed by atoms with Crippen molar-refractivity contribution in [1.82, 2.24) is 25.1 Å². The van der Waals surface area contributed by atoms with Crippen LogP contribution in [-0.2, 0) is 29.7 Å². The molecule has 36 heavy (non-hydrogen) atoms. The Morgan fingerprint density at radius 2 is 1.89 bits per heavy atom. The molecule has 0 bridgehead atoms. The number of hydrogen-bond acceptors (Lipinski definition) is 5. The monoisotopic (exact) mass is 494 g/mol. The van der Waals surface area contributed by atoms with Crippen LogP contribution in [0.3, 0.4) is 0 Å². The number of unbranched alkanes of at least 4 members (excludes halogenated alkanes) is 2. The van der Waals surface area contributed by atoms with E-state index in [2.05, 4.69) is 17.3 Å². The lowest BCUT2D eigenvalue weighted by Gasteiger charge is -2.32. The molecule has 0 unspecified atom stereocenters. The maximum atomic E-state index is 13.7. The second-order valence-electron chi connectivity index (χ2n) is 9.53. The van der Waals surface area contributed by atoms with Crippen molar-refractivity contribution in [2.45, 2.75) is 46.2 Å². The van der Waals surface area contributed by atoms with Crippen molar-refractivity contribution in [3.63, 3.8) is 0 Å². The number of carbonyl (C=O) groups is 2. The van der Waals surface area contributed by atoms with Gasteiger partial charge in [0.2, 0.25) is 5.91 Å². The predicted octanol–water partition coefficient (Wildman–Crippen LogP) is 3.52. The molecule has 1 aliphatic heterocycles.